The molecule has 1 atom stereocenters. The van der Waals surface area contributed by atoms with Gasteiger partial charge in [0.2, 0.25) is 0 Å². The molecule has 0 aliphatic carbocycles. The number of nitrogens with zero attached hydrogens (tertiary/aromatic N) is 1. The number of rotatable bonds is 0. The molecule has 2 rings (SSSR count). The lowest BCUT2D eigenvalue weighted by molar-refractivity contribution is 0.224. The monoisotopic (exact) mass is 186 g/mol. The van der Waals surface area contributed by atoms with Gasteiger partial charge in [0, 0.05) is 10.8 Å². The Hall–Kier alpha value is 0.270. The van der Waals surface area contributed by atoms with Crippen molar-refractivity contribution in [3.8, 4) is 0 Å². The van der Waals surface area contributed by atoms with Crippen LogP contribution in [0.15, 0.2) is 0 Å². The third kappa shape index (κ3) is 1.38. The van der Waals surface area contributed by atoms with Gasteiger partial charge in [-0.15, -0.1) is 0 Å². The van der Waals surface area contributed by atoms with Crippen LogP contribution in [-0.4, -0.2) is 41.6 Å². The van der Waals surface area contributed by atoms with E-state index in [9.17, 15) is 0 Å². The van der Waals surface area contributed by atoms with E-state index >= 15 is 0 Å². The molecule has 2 heterocycles. The smallest absolute Gasteiger partial charge is 0.0335 e. The Kier molecular flexibility index (Phi) is 2.36. The topological polar surface area (TPSA) is 29.3 Å². The average molecular weight is 186 g/mol. The predicted octanol–water partition coefficient (Wildman–Crippen LogP) is 0.915. The molecule has 2 saturated heterocycles. The van der Waals surface area contributed by atoms with Crippen molar-refractivity contribution < 1.29 is 0 Å². The van der Waals surface area contributed by atoms with Gasteiger partial charge in [-0.3, -0.25) is 0 Å². The SMILES string of the molecule is CN1CCC2(CC1)SCCC2N. The molecule has 0 saturated carbocycles. The van der Waals surface area contributed by atoms with Crippen LogP contribution in [0.2, 0.25) is 0 Å². The fourth-order valence-electron chi connectivity index (χ4n) is 2.27. The third-order valence-electron chi connectivity index (χ3n) is 3.33. The van der Waals surface area contributed by atoms with Crippen LogP contribution < -0.4 is 5.73 Å². The molecule has 2 nitrogen and oxygen atoms in total. The molecule has 0 amide bonds. The molecule has 1 unspecified atom stereocenters. The van der Waals surface area contributed by atoms with Crippen molar-refractivity contribution in [1.29, 1.82) is 0 Å². The number of piperidine rings is 1. The van der Waals surface area contributed by atoms with Crippen LogP contribution in [-0.2, 0) is 0 Å². The lowest BCUT2D eigenvalue weighted by Gasteiger charge is -2.39. The molecular formula is C9H18N2S. The molecule has 0 aromatic rings. The third-order valence-corrected chi connectivity index (χ3v) is 5.05. The maximum atomic E-state index is 6.15. The summed E-state index contributed by atoms with van der Waals surface area (Å²) < 4.78 is 0.465. The Morgan fingerprint density at radius 3 is 2.58 bits per heavy atom. The molecule has 3 heteroatoms. The lowest BCUT2D eigenvalue weighted by atomic mass is 9.88. The summed E-state index contributed by atoms with van der Waals surface area (Å²) in [6.45, 7) is 2.47. The summed E-state index contributed by atoms with van der Waals surface area (Å²) in [4.78, 5) is 2.41. The number of thioether (sulfide) groups is 1. The zero-order valence-corrected chi connectivity index (χ0v) is 8.57. The summed E-state index contributed by atoms with van der Waals surface area (Å²) in [5.41, 5.74) is 6.15. The first-order valence-corrected chi connectivity index (χ1v) is 5.80. The number of hydrogen-bond donors (Lipinski definition) is 1. The van der Waals surface area contributed by atoms with E-state index in [4.69, 9.17) is 5.73 Å². The van der Waals surface area contributed by atoms with Crippen LogP contribution >= 0.6 is 11.8 Å². The van der Waals surface area contributed by atoms with E-state index in [1.54, 1.807) is 0 Å². The van der Waals surface area contributed by atoms with Gasteiger partial charge in [-0.25, -0.2) is 0 Å². The Bertz CT molecular complexity index is 164. The van der Waals surface area contributed by atoms with Gasteiger partial charge < -0.3 is 10.6 Å². The van der Waals surface area contributed by atoms with Crippen LogP contribution in [0.4, 0.5) is 0 Å². The van der Waals surface area contributed by atoms with Gasteiger partial charge in [0.05, 0.1) is 0 Å². The molecule has 12 heavy (non-hydrogen) atoms. The summed E-state index contributed by atoms with van der Waals surface area (Å²) in [6, 6.07) is 0.469. The quantitative estimate of drug-likeness (QED) is 0.610. The molecule has 1 spiro atoms. The summed E-state index contributed by atoms with van der Waals surface area (Å²) in [5, 5.41) is 0. The molecule has 2 N–H and O–H groups in total. The largest absolute Gasteiger partial charge is 0.326 e. The van der Waals surface area contributed by atoms with Gasteiger partial charge in [0.1, 0.15) is 0 Å². The first kappa shape index (κ1) is 8.85. The van der Waals surface area contributed by atoms with E-state index in [0.717, 1.165) is 0 Å². The molecule has 2 aliphatic heterocycles. The Labute approximate surface area is 78.9 Å². The Balaban J connectivity index is 2.02. The minimum atomic E-state index is 0.465. The zero-order valence-electron chi connectivity index (χ0n) is 7.75. The van der Waals surface area contributed by atoms with Crippen molar-refractivity contribution in [2.45, 2.75) is 30.1 Å². The van der Waals surface area contributed by atoms with Gasteiger partial charge in [-0.1, -0.05) is 0 Å². The Morgan fingerprint density at radius 2 is 2.08 bits per heavy atom. The van der Waals surface area contributed by atoms with Crippen LogP contribution in [0.5, 0.6) is 0 Å². The van der Waals surface area contributed by atoms with Crippen LogP contribution in [0, 0.1) is 0 Å². The number of hydrogen-bond acceptors (Lipinski definition) is 3. The Morgan fingerprint density at radius 1 is 1.42 bits per heavy atom. The first-order valence-electron chi connectivity index (χ1n) is 4.81. The van der Waals surface area contributed by atoms with Crippen molar-refractivity contribution in [3.05, 3.63) is 0 Å². The van der Waals surface area contributed by atoms with E-state index in [1.807, 2.05) is 0 Å². The summed E-state index contributed by atoms with van der Waals surface area (Å²) >= 11 is 2.12. The highest BCUT2D eigenvalue weighted by atomic mass is 32.2. The van der Waals surface area contributed by atoms with Crippen LogP contribution in [0.3, 0.4) is 0 Å². The average Bonchev–Trinajstić information content (AvgIpc) is 2.41. The van der Waals surface area contributed by atoms with Gasteiger partial charge >= 0.3 is 0 Å². The van der Waals surface area contributed by atoms with E-state index in [1.165, 1.54) is 38.1 Å². The molecule has 0 aromatic carbocycles. The fraction of sp³-hybridized carbons (Fsp3) is 1.00. The molecule has 0 bridgehead atoms. The molecule has 2 fully saturated rings. The molecule has 0 aromatic heterocycles. The standard InChI is InChI=1S/C9H18N2S/c1-11-5-3-9(4-6-11)8(10)2-7-12-9/h8H,2-7,10H2,1H3. The van der Waals surface area contributed by atoms with E-state index in [0.29, 0.717) is 10.8 Å². The fourth-order valence-corrected chi connectivity index (χ4v) is 3.85. The zero-order chi connectivity index (χ0) is 8.60. The van der Waals surface area contributed by atoms with E-state index in [-0.39, 0.29) is 0 Å². The van der Waals surface area contributed by atoms with E-state index in [2.05, 4.69) is 23.7 Å². The number of likely N-dealkylation sites (tertiary alicyclic amines) is 1. The summed E-state index contributed by atoms with van der Waals surface area (Å²) in [5.74, 6) is 1.28. The van der Waals surface area contributed by atoms with Gasteiger partial charge in [0.15, 0.2) is 0 Å². The van der Waals surface area contributed by atoms with Crippen LogP contribution in [0.1, 0.15) is 19.3 Å². The maximum Gasteiger partial charge on any atom is 0.0335 e. The molecule has 2 aliphatic rings. The van der Waals surface area contributed by atoms with Crippen molar-refractivity contribution in [1.82, 2.24) is 4.90 Å². The van der Waals surface area contributed by atoms with Crippen molar-refractivity contribution in [3.63, 3.8) is 0 Å². The lowest BCUT2D eigenvalue weighted by Crippen LogP contribution is -2.49. The van der Waals surface area contributed by atoms with Crippen LogP contribution in [0.25, 0.3) is 0 Å². The minimum absolute atomic E-state index is 0.465. The van der Waals surface area contributed by atoms with Crippen molar-refractivity contribution >= 4 is 11.8 Å². The van der Waals surface area contributed by atoms with Gasteiger partial charge in [-0.05, 0) is 45.2 Å². The normalized spacial score (nSPS) is 36.0. The van der Waals surface area contributed by atoms with Gasteiger partial charge in [-0.2, -0.15) is 11.8 Å². The first-order chi connectivity index (χ1) is 5.73. The van der Waals surface area contributed by atoms with Crippen molar-refractivity contribution in [2.75, 3.05) is 25.9 Å². The highest BCUT2D eigenvalue weighted by Crippen LogP contribution is 2.44. The second-order valence-corrected chi connectivity index (χ2v) is 5.62. The number of nitrogens with two attached hydrogens (primary N) is 1. The maximum absolute atomic E-state index is 6.15. The van der Waals surface area contributed by atoms with Crippen molar-refractivity contribution in [2.24, 2.45) is 5.73 Å². The second kappa shape index (κ2) is 3.20. The van der Waals surface area contributed by atoms with E-state index < -0.39 is 0 Å². The highest BCUT2D eigenvalue weighted by molar-refractivity contribution is 8.01. The second-order valence-electron chi connectivity index (χ2n) is 4.11. The molecule has 70 valence electrons. The molecular weight excluding hydrogens is 168 g/mol. The highest BCUT2D eigenvalue weighted by Gasteiger charge is 2.42. The summed E-state index contributed by atoms with van der Waals surface area (Å²) in [7, 11) is 2.21. The summed E-state index contributed by atoms with van der Waals surface area (Å²) in [6.07, 6.45) is 3.83. The minimum Gasteiger partial charge on any atom is -0.326 e. The van der Waals surface area contributed by atoms with Gasteiger partial charge in [0.25, 0.3) is 0 Å². The predicted molar refractivity (Wildman–Crippen MR) is 54.5 cm³/mol. The molecule has 0 radical (unpaired) electrons.